The first-order valence-corrected chi connectivity index (χ1v) is 8.12. The highest BCUT2D eigenvalue weighted by Crippen LogP contribution is 2.05. The molecule has 0 saturated heterocycles. The monoisotopic (exact) mass is 390 g/mol. The lowest BCUT2D eigenvalue weighted by Crippen LogP contribution is -2.59. The van der Waals surface area contributed by atoms with E-state index in [2.05, 4.69) is 10.6 Å². The van der Waals surface area contributed by atoms with E-state index in [9.17, 15) is 29.1 Å². The molecule has 0 aromatic heterocycles. The van der Waals surface area contributed by atoms with Crippen LogP contribution in [0.25, 0.3) is 0 Å². The SMILES string of the molecule is CC(N)C(=O)NC(CO)C(=O)NC(C(=O)NC(CC(=O)O)C(=O)O)C(C)C. The fourth-order valence-electron chi connectivity index (χ4n) is 1.92. The van der Waals surface area contributed by atoms with Crippen LogP contribution in [-0.2, 0) is 24.0 Å². The van der Waals surface area contributed by atoms with E-state index in [-0.39, 0.29) is 0 Å². The van der Waals surface area contributed by atoms with Crippen molar-refractivity contribution in [2.45, 2.75) is 51.4 Å². The number of aliphatic hydroxyl groups is 1. The Labute approximate surface area is 155 Å². The normalized spacial score (nSPS) is 15.2. The lowest BCUT2D eigenvalue weighted by Gasteiger charge is -2.26. The number of carboxylic acid groups (broad SMARTS) is 2. The molecule has 12 heteroatoms. The van der Waals surface area contributed by atoms with E-state index < -0.39 is 72.8 Å². The van der Waals surface area contributed by atoms with Crippen molar-refractivity contribution in [3.05, 3.63) is 0 Å². The summed E-state index contributed by atoms with van der Waals surface area (Å²) < 4.78 is 0. The van der Waals surface area contributed by atoms with E-state index in [4.69, 9.17) is 15.9 Å². The number of nitrogens with two attached hydrogens (primary N) is 1. The highest BCUT2D eigenvalue weighted by atomic mass is 16.4. The number of hydrogen-bond acceptors (Lipinski definition) is 7. The maximum atomic E-state index is 12.3. The van der Waals surface area contributed by atoms with Crippen LogP contribution in [0.5, 0.6) is 0 Å². The van der Waals surface area contributed by atoms with Crippen molar-refractivity contribution in [3.8, 4) is 0 Å². The number of carbonyl (C=O) groups is 5. The molecule has 0 aromatic rings. The smallest absolute Gasteiger partial charge is 0.326 e. The van der Waals surface area contributed by atoms with Gasteiger partial charge in [0.15, 0.2) is 0 Å². The van der Waals surface area contributed by atoms with Crippen molar-refractivity contribution in [1.29, 1.82) is 0 Å². The summed E-state index contributed by atoms with van der Waals surface area (Å²) in [7, 11) is 0. The summed E-state index contributed by atoms with van der Waals surface area (Å²) in [4.78, 5) is 57.9. The van der Waals surface area contributed by atoms with Crippen LogP contribution in [0, 0.1) is 5.92 Å². The molecule has 154 valence electrons. The van der Waals surface area contributed by atoms with Crippen LogP contribution in [-0.4, -0.2) is 75.8 Å². The van der Waals surface area contributed by atoms with E-state index >= 15 is 0 Å². The third-order valence-electron chi connectivity index (χ3n) is 3.47. The number of nitrogens with one attached hydrogen (secondary N) is 3. The fourth-order valence-corrected chi connectivity index (χ4v) is 1.92. The lowest BCUT2D eigenvalue weighted by atomic mass is 10.0. The van der Waals surface area contributed by atoms with Gasteiger partial charge in [0.05, 0.1) is 19.1 Å². The van der Waals surface area contributed by atoms with Gasteiger partial charge in [-0.05, 0) is 12.8 Å². The molecular weight excluding hydrogens is 364 g/mol. The van der Waals surface area contributed by atoms with Gasteiger partial charge in [-0.1, -0.05) is 13.8 Å². The Balaban J connectivity index is 5.17. The van der Waals surface area contributed by atoms with Gasteiger partial charge in [-0.2, -0.15) is 0 Å². The summed E-state index contributed by atoms with van der Waals surface area (Å²) in [5.74, 6) is -5.96. The van der Waals surface area contributed by atoms with Crippen molar-refractivity contribution in [2.75, 3.05) is 6.61 Å². The molecule has 4 atom stereocenters. The molecule has 0 aliphatic heterocycles. The molecule has 12 nitrogen and oxygen atoms in total. The maximum Gasteiger partial charge on any atom is 0.326 e. The van der Waals surface area contributed by atoms with Crippen LogP contribution in [0.3, 0.4) is 0 Å². The molecule has 0 aromatic carbocycles. The largest absolute Gasteiger partial charge is 0.481 e. The topological polar surface area (TPSA) is 208 Å². The van der Waals surface area contributed by atoms with E-state index in [0.717, 1.165) is 0 Å². The van der Waals surface area contributed by atoms with Gasteiger partial charge in [-0.3, -0.25) is 19.2 Å². The Morgan fingerprint density at radius 3 is 1.74 bits per heavy atom. The predicted octanol–water partition coefficient (Wildman–Crippen LogP) is -3.00. The van der Waals surface area contributed by atoms with Crippen molar-refractivity contribution in [2.24, 2.45) is 11.7 Å². The third kappa shape index (κ3) is 8.46. The zero-order chi connectivity index (χ0) is 21.3. The molecule has 0 saturated carbocycles. The number of aliphatic hydroxyl groups excluding tert-OH is 1. The number of carbonyl (C=O) groups excluding carboxylic acids is 3. The Hall–Kier alpha value is -2.73. The summed E-state index contributed by atoms with van der Waals surface area (Å²) >= 11 is 0. The van der Waals surface area contributed by atoms with Gasteiger partial charge >= 0.3 is 11.9 Å². The van der Waals surface area contributed by atoms with Gasteiger partial charge in [-0.15, -0.1) is 0 Å². The van der Waals surface area contributed by atoms with Crippen molar-refractivity contribution < 1.29 is 39.3 Å². The molecule has 0 spiro atoms. The Bertz CT molecular complexity index is 578. The highest BCUT2D eigenvalue weighted by molar-refractivity contribution is 5.94. The zero-order valence-electron chi connectivity index (χ0n) is 15.3. The molecule has 0 aliphatic carbocycles. The minimum absolute atomic E-state index is 0.503. The number of hydrogen-bond donors (Lipinski definition) is 7. The van der Waals surface area contributed by atoms with E-state index in [1.165, 1.54) is 6.92 Å². The first-order chi connectivity index (χ1) is 12.4. The molecule has 0 rings (SSSR count). The number of rotatable bonds is 11. The van der Waals surface area contributed by atoms with Gasteiger partial charge in [-0.25, -0.2) is 4.79 Å². The quantitative estimate of drug-likeness (QED) is 0.191. The van der Waals surface area contributed by atoms with Gasteiger partial charge in [0.2, 0.25) is 17.7 Å². The Morgan fingerprint density at radius 1 is 0.852 bits per heavy atom. The first-order valence-electron chi connectivity index (χ1n) is 8.12. The summed E-state index contributed by atoms with van der Waals surface area (Å²) in [6.07, 6.45) is -0.844. The van der Waals surface area contributed by atoms with Gasteiger partial charge in [0, 0.05) is 0 Å². The molecule has 3 amide bonds. The average Bonchev–Trinajstić information content (AvgIpc) is 2.55. The minimum atomic E-state index is -1.68. The zero-order valence-corrected chi connectivity index (χ0v) is 15.3. The molecule has 27 heavy (non-hydrogen) atoms. The molecule has 4 unspecified atom stereocenters. The Morgan fingerprint density at radius 2 is 1.37 bits per heavy atom. The second-order valence-electron chi connectivity index (χ2n) is 6.26. The van der Waals surface area contributed by atoms with Crippen LogP contribution in [0.15, 0.2) is 0 Å². The predicted molar refractivity (Wildman–Crippen MR) is 91.3 cm³/mol. The second kappa shape index (κ2) is 11.1. The van der Waals surface area contributed by atoms with Gasteiger partial charge in [0.1, 0.15) is 18.1 Å². The van der Waals surface area contributed by atoms with Crippen LogP contribution in [0.1, 0.15) is 27.2 Å². The molecule has 0 radical (unpaired) electrons. The van der Waals surface area contributed by atoms with Crippen LogP contribution < -0.4 is 21.7 Å². The standard InChI is InChI=1S/C15H26N4O8/c1-6(2)11(14(25)17-8(15(26)27)4-10(21)22)19-13(24)9(5-20)18-12(23)7(3)16/h6-9,11,20H,4-5,16H2,1-3H3,(H,17,25)(H,18,23)(H,19,24)(H,21,22)(H,26,27). The van der Waals surface area contributed by atoms with E-state index in [1.807, 2.05) is 5.32 Å². The van der Waals surface area contributed by atoms with Crippen molar-refractivity contribution in [1.82, 2.24) is 16.0 Å². The molecule has 0 fully saturated rings. The fraction of sp³-hybridized carbons (Fsp3) is 0.667. The minimum Gasteiger partial charge on any atom is -0.481 e. The third-order valence-corrected chi connectivity index (χ3v) is 3.47. The molecule has 0 aliphatic rings. The van der Waals surface area contributed by atoms with Crippen LogP contribution in [0.4, 0.5) is 0 Å². The molecule has 8 N–H and O–H groups in total. The number of amides is 3. The maximum absolute atomic E-state index is 12.3. The lowest BCUT2D eigenvalue weighted by molar-refractivity contribution is -0.147. The average molecular weight is 390 g/mol. The van der Waals surface area contributed by atoms with Crippen molar-refractivity contribution in [3.63, 3.8) is 0 Å². The second-order valence-corrected chi connectivity index (χ2v) is 6.26. The van der Waals surface area contributed by atoms with Crippen molar-refractivity contribution >= 4 is 29.7 Å². The van der Waals surface area contributed by atoms with E-state index in [1.54, 1.807) is 13.8 Å². The summed E-state index contributed by atoms with van der Waals surface area (Å²) in [5, 5.41) is 33.5. The highest BCUT2D eigenvalue weighted by Gasteiger charge is 2.32. The summed E-state index contributed by atoms with van der Waals surface area (Å²) in [6.45, 7) is 3.74. The molecule has 0 heterocycles. The first kappa shape index (κ1) is 24.3. The van der Waals surface area contributed by atoms with E-state index in [0.29, 0.717) is 0 Å². The van der Waals surface area contributed by atoms with Crippen LogP contribution >= 0.6 is 0 Å². The number of carboxylic acids is 2. The van der Waals surface area contributed by atoms with Gasteiger partial charge in [0.25, 0.3) is 0 Å². The molecular formula is C15H26N4O8. The van der Waals surface area contributed by atoms with Gasteiger partial charge < -0.3 is 37.0 Å². The van der Waals surface area contributed by atoms with Crippen LogP contribution in [0.2, 0.25) is 0 Å². The number of aliphatic carboxylic acids is 2. The Kier molecular flexibility index (Phi) is 9.96. The summed E-state index contributed by atoms with van der Waals surface area (Å²) in [5.41, 5.74) is 5.37. The summed E-state index contributed by atoms with van der Waals surface area (Å²) in [6, 6.07) is -5.20. The molecule has 0 bridgehead atoms.